The smallest absolute Gasteiger partial charge is 0.221 e. The largest absolute Gasteiger partial charge is 0.508 e. The molecule has 7 heteroatoms. The molecule has 0 unspecified atom stereocenters. The minimum atomic E-state index is 0.220. The Morgan fingerprint density at radius 3 is 2.71 bits per heavy atom. The molecular weight excluding hydrogens is 403 g/mol. The molecule has 0 aliphatic carbocycles. The van der Waals surface area contributed by atoms with Crippen LogP contribution in [0.2, 0.25) is 0 Å². The van der Waals surface area contributed by atoms with Crippen LogP contribution in [0.25, 0.3) is 53.8 Å². The van der Waals surface area contributed by atoms with E-state index < -0.39 is 0 Å². The van der Waals surface area contributed by atoms with Gasteiger partial charge in [0, 0.05) is 32.4 Å². The molecule has 0 aliphatic heterocycles. The molecule has 0 fully saturated rings. The predicted octanol–water partition coefficient (Wildman–Crippen LogP) is 4.16. The molecule has 0 bridgehead atoms. The number of phenolic OH excluding ortho intramolecular Hbond substituents is 1. The Balaban J connectivity index is 1.75. The first-order valence-corrected chi connectivity index (χ1v) is 10.9. The fourth-order valence-corrected chi connectivity index (χ4v) is 5.73. The first-order valence-electron chi connectivity index (χ1n) is 10.1. The molecular formula is C24H15BN4OS. The lowest BCUT2D eigenvalue weighted by Gasteiger charge is -2.07. The summed E-state index contributed by atoms with van der Waals surface area (Å²) < 4.78 is 6.65. The Bertz CT molecular complexity index is 1830. The van der Waals surface area contributed by atoms with Gasteiger partial charge in [-0.25, -0.2) is 9.97 Å². The highest BCUT2D eigenvalue weighted by Gasteiger charge is 2.21. The molecule has 4 heterocycles. The number of imidazole rings is 2. The highest BCUT2D eigenvalue weighted by Crippen LogP contribution is 2.39. The van der Waals surface area contributed by atoms with Crippen molar-refractivity contribution in [3.05, 3.63) is 72.9 Å². The highest BCUT2D eigenvalue weighted by atomic mass is 32.1. The summed E-state index contributed by atoms with van der Waals surface area (Å²) in [5, 5.41) is 12.6. The number of aromatic nitrogens is 4. The van der Waals surface area contributed by atoms with Gasteiger partial charge in [-0.2, -0.15) is 0 Å². The monoisotopic (exact) mass is 418 g/mol. The number of para-hydroxylation sites is 1. The molecule has 0 amide bonds. The fourth-order valence-electron chi connectivity index (χ4n) is 4.63. The van der Waals surface area contributed by atoms with Gasteiger partial charge in [-0.05, 0) is 30.3 Å². The molecule has 7 rings (SSSR count). The van der Waals surface area contributed by atoms with E-state index in [4.69, 9.17) is 9.97 Å². The number of nitrogens with zero attached hydrogens (tertiary/aromatic N) is 4. The lowest BCUT2D eigenvalue weighted by atomic mass is 9.95. The van der Waals surface area contributed by atoms with Crippen LogP contribution in [0, 0.1) is 0 Å². The average molecular weight is 418 g/mol. The van der Waals surface area contributed by atoms with Crippen LogP contribution in [-0.2, 0) is 0 Å². The van der Waals surface area contributed by atoms with Gasteiger partial charge in [0.05, 0.1) is 22.1 Å². The number of hydrogen-bond acceptors (Lipinski definition) is 4. The second-order valence-electron chi connectivity index (χ2n) is 7.80. The van der Waals surface area contributed by atoms with Gasteiger partial charge in [0.15, 0.2) is 0 Å². The topological polar surface area (TPSA) is 55.3 Å². The maximum absolute atomic E-state index is 10.3. The fraction of sp³-hybridized carbons (Fsp3) is 0. The van der Waals surface area contributed by atoms with Gasteiger partial charge in [0.1, 0.15) is 19.4 Å². The normalized spacial score (nSPS) is 12.1. The Morgan fingerprint density at radius 1 is 0.871 bits per heavy atom. The predicted molar refractivity (Wildman–Crippen MR) is 130 cm³/mol. The highest BCUT2D eigenvalue weighted by molar-refractivity contribution is 7.25. The Morgan fingerprint density at radius 2 is 1.77 bits per heavy atom. The zero-order valence-corrected chi connectivity index (χ0v) is 17.4. The van der Waals surface area contributed by atoms with Gasteiger partial charge in [0.2, 0.25) is 5.78 Å². The van der Waals surface area contributed by atoms with Gasteiger partial charge in [-0.3, -0.25) is 8.97 Å². The number of aromatic hydroxyl groups is 1. The summed E-state index contributed by atoms with van der Waals surface area (Å²) in [6.07, 6.45) is 1.85. The van der Waals surface area contributed by atoms with E-state index in [9.17, 15) is 5.11 Å². The van der Waals surface area contributed by atoms with Crippen molar-refractivity contribution >= 4 is 72.7 Å². The van der Waals surface area contributed by atoms with Crippen LogP contribution in [0.4, 0.5) is 0 Å². The van der Waals surface area contributed by atoms with Crippen LogP contribution in [-0.4, -0.2) is 31.9 Å². The van der Waals surface area contributed by atoms with Crippen molar-refractivity contribution in [2.75, 3.05) is 0 Å². The molecule has 4 aromatic heterocycles. The van der Waals surface area contributed by atoms with Crippen molar-refractivity contribution in [2.45, 2.75) is 0 Å². The van der Waals surface area contributed by atoms with Crippen LogP contribution in [0.3, 0.4) is 0 Å². The lowest BCUT2D eigenvalue weighted by molar-refractivity contribution is 0.476. The molecule has 3 aromatic carbocycles. The summed E-state index contributed by atoms with van der Waals surface area (Å²) in [5.41, 5.74) is 5.02. The summed E-state index contributed by atoms with van der Waals surface area (Å²) in [4.78, 5) is 9.87. The molecule has 1 N–H and O–H groups in total. The van der Waals surface area contributed by atoms with E-state index in [0.717, 1.165) is 44.5 Å². The van der Waals surface area contributed by atoms with Crippen molar-refractivity contribution in [1.29, 1.82) is 0 Å². The molecule has 0 saturated heterocycles. The van der Waals surface area contributed by atoms with E-state index in [1.165, 1.54) is 14.8 Å². The Kier molecular flexibility index (Phi) is 3.20. The third kappa shape index (κ3) is 2.16. The molecule has 0 spiro atoms. The molecule has 146 valence electrons. The molecule has 31 heavy (non-hydrogen) atoms. The lowest BCUT2D eigenvalue weighted by Crippen LogP contribution is -2.03. The maximum atomic E-state index is 10.3. The summed E-state index contributed by atoms with van der Waals surface area (Å²) in [5.74, 6) is 1.84. The minimum absolute atomic E-state index is 0.220. The van der Waals surface area contributed by atoms with Gasteiger partial charge < -0.3 is 5.11 Å². The molecule has 0 aliphatic rings. The van der Waals surface area contributed by atoms with E-state index in [2.05, 4.69) is 65.3 Å². The van der Waals surface area contributed by atoms with Crippen molar-refractivity contribution < 1.29 is 5.11 Å². The summed E-state index contributed by atoms with van der Waals surface area (Å²) >= 11 is 1.76. The first-order chi connectivity index (χ1) is 15.2. The third-order valence-electron chi connectivity index (χ3n) is 5.99. The first kappa shape index (κ1) is 16.9. The number of pyridine rings is 1. The summed E-state index contributed by atoms with van der Waals surface area (Å²) in [6, 6.07) is 22.2. The zero-order valence-electron chi connectivity index (χ0n) is 16.6. The number of hydrogen-bond donors (Lipinski definition) is 1. The maximum Gasteiger partial charge on any atom is 0.221 e. The quantitative estimate of drug-likeness (QED) is 0.408. The number of fused-ring (bicyclic) bond motifs is 8. The van der Waals surface area contributed by atoms with E-state index in [-0.39, 0.29) is 5.75 Å². The standard InChI is InChI=1S/C24H15BN4OS/c25-15-5-3-6-17-22(15)27-24-28(17)16-9-8-13(30)12-18(16)29(24)23-21-14-4-1-2-7-19(14)31-20(21)10-11-26-23/h1-12,30H,25H2. The van der Waals surface area contributed by atoms with Gasteiger partial charge >= 0.3 is 0 Å². The van der Waals surface area contributed by atoms with Crippen molar-refractivity contribution in [1.82, 2.24) is 18.9 Å². The number of thiophene rings is 1. The Labute approximate surface area is 181 Å². The van der Waals surface area contributed by atoms with E-state index in [1.807, 2.05) is 12.3 Å². The number of rotatable bonds is 1. The number of benzene rings is 3. The van der Waals surface area contributed by atoms with Gasteiger partial charge in [-0.15, -0.1) is 11.3 Å². The average Bonchev–Trinajstić information content (AvgIpc) is 3.42. The Hall–Kier alpha value is -3.84. The molecule has 0 saturated carbocycles. The third-order valence-corrected chi connectivity index (χ3v) is 7.13. The van der Waals surface area contributed by atoms with Crippen molar-refractivity contribution in [3.8, 4) is 11.6 Å². The molecule has 0 atom stereocenters. The van der Waals surface area contributed by atoms with Crippen LogP contribution in [0.5, 0.6) is 5.75 Å². The van der Waals surface area contributed by atoms with Crippen molar-refractivity contribution in [3.63, 3.8) is 0 Å². The summed E-state index contributed by atoms with van der Waals surface area (Å²) in [7, 11) is 2.08. The van der Waals surface area contributed by atoms with E-state index in [0.29, 0.717) is 0 Å². The zero-order chi connectivity index (χ0) is 20.7. The molecule has 0 radical (unpaired) electrons. The van der Waals surface area contributed by atoms with E-state index >= 15 is 0 Å². The second-order valence-corrected chi connectivity index (χ2v) is 8.89. The minimum Gasteiger partial charge on any atom is -0.508 e. The number of phenols is 1. The SMILES string of the molecule is Bc1cccc2c1nc1n(-c3nccc4sc5ccccc5c34)c3cc(O)ccc3n21. The van der Waals surface area contributed by atoms with Gasteiger partial charge in [-0.1, -0.05) is 35.8 Å². The van der Waals surface area contributed by atoms with Crippen LogP contribution >= 0.6 is 11.3 Å². The summed E-state index contributed by atoms with van der Waals surface area (Å²) in [6.45, 7) is 0. The van der Waals surface area contributed by atoms with Crippen LogP contribution in [0.15, 0.2) is 72.9 Å². The molecule has 7 aromatic rings. The molecule has 5 nitrogen and oxygen atoms in total. The second kappa shape index (κ2) is 5.86. The van der Waals surface area contributed by atoms with Gasteiger partial charge in [0.25, 0.3) is 0 Å². The van der Waals surface area contributed by atoms with Crippen molar-refractivity contribution in [2.24, 2.45) is 0 Å². The van der Waals surface area contributed by atoms with Crippen LogP contribution in [0.1, 0.15) is 0 Å². The van der Waals surface area contributed by atoms with E-state index in [1.54, 1.807) is 23.5 Å². The van der Waals surface area contributed by atoms with Crippen LogP contribution < -0.4 is 5.46 Å².